The zero-order chi connectivity index (χ0) is 16.8. The minimum atomic E-state index is 0.594. The van der Waals surface area contributed by atoms with Crippen LogP contribution in [0.25, 0.3) is 10.9 Å². The Morgan fingerprint density at radius 2 is 1.84 bits per heavy atom. The second-order valence-electron chi connectivity index (χ2n) is 7.45. The molecule has 0 amide bonds. The van der Waals surface area contributed by atoms with E-state index in [4.69, 9.17) is 0 Å². The third kappa shape index (κ3) is 2.45. The monoisotopic (exact) mass is 327 g/mol. The number of H-pyrrole nitrogens is 1. The Labute approximate surface area is 147 Å². The summed E-state index contributed by atoms with van der Waals surface area (Å²) in [4.78, 5) is 6.04. The molecule has 2 atom stereocenters. The van der Waals surface area contributed by atoms with E-state index >= 15 is 0 Å². The van der Waals surface area contributed by atoms with Crippen LogP contribution in [-0.2, 0) is 13.1 Å². The number of fused-ring (bicyclic) bond motifs is 2. The fraction of sp³-hybridized carbons (Fsp3) is 0.318. The lowest BCUT2D eigenvalue weighted by atomic mass is 9.96. The summed E-state index contributed by atoms with van der Waals surface area (Å²) in [6, 6.07) is 17.7. The van der Waals surface area contributed by atoms with Gasteiger partial charge in [-0.2, -0.15) is 5.26 Å². The molecule has 5 rings (SSSR count). The number of rotatable bonds is 2. The number of aromatic nitrogens is 1. The van der Waals surface area contributed by atoms with Crippen LogP contribution in [0.1, 0.15) is 47.4 Å². The van der Waals surface area contributed by atoms with E-state index in [9.17, 15) is 5.26 Å². The Bertz CT molecular complexity index is 953. The van der Waals surface area contributed by atoms with Gasteiger partial charge in [0.25, 0.3) is 0 Å². The van der Waals surface area contributed by atoms with Gasteiger partial charge in [0.2, 0.25) is 0 Å². The SMILES string of the molecule is N#Cc1ccc2[nH]cc(C3CCC(N4Cc5ccccc5C4)C3)c2c1. The highest BCUT2D eigenvalue weighted by Gasteiger charge is 2.33. The Hall–Kier alpha value is -2.57. The van der Waals surface area contributed by atoms with Crippen molar-refractivity contribution < 1.29 is 0 Å². The average molecular weight is 327 g/mol. The summed E-state index contributed by atoms with van der Waals surface area (Å²) < 4.78 is 0. The molecule has 2 aliphatic rings. The smallest absolute Gasteiger partial charge is 0.0991 e. The largest absolute Gasteiger partial charge is 0.361 e. The van der Waals surface area contributed by atoms with Gasteiger partial charge in [-0.1, -0.05) is 24.3 Å². The molecule has 0 radical (unpaired) electrons. The normalized spacial score (nSPS) is 23.0. The highest BCUT2D eigenvalue weighted by Crippen LogP contribution is 2.41. The fourth-order valence-electron chi connectivity index (χ4n) is 4.74. The minimum absolute atomic E-state index is 0.594. The summed E-state index contributed by atoms with van der Waals surface area (Å²) in [6.45, 7) is 2.19. The lowest BCUT2D eigenvalue weighted by molar-refractivity contribution is 0.200. The first-order chi connectivity index (χ1) is 12.3. The van der Waals surface area contributed by atoms with E-state index in [-0.39, 0.29) is 0 Å². The van der Waals surface area contributed by atoms with Crippen LogP contribution in [-0.4, -0.2) is 15.9 Å². The third-order valence-electron chi connectivity index (χ3n) is 6.07. The predicted molar refractivity (Wildman–Crippen MR) is 99.1 cm³/mol. The number of hydrogen-bond acceptors (Lipinski definition) is 2. The van der Waals surface area contributed by atoms with Crippen molar-refractivity contribution in [3.63, 3.8) is 0 Å². The van der Waals surface area contributed by atoms with Crippen LogP contribution >= 0.6 is 0 Å². The second-order valence-corrected chi connectivity index (χ2v) is 7.45. The summed E-state index contributed by atoms with van der Waals surface area (Å²) in [5.74, 6) is 0.594. The van der Waals surface area contributed by atoms with Crippen molar-refractivity contribution in [2.24, 2.45) is 0 Å². The summed E-state index contributed by atoms with van der Waals surface area (Å²) in [5, 5.41) is 10.4. The molecule has 1 fully saturated rings. The van der Waals surface area contributed by atoms with E-state index in [0.29, 0.717) is 12.0 Å². The van der Waals surface area contributed by atoms with Gasteiger partial charge in [0.1, 0.15) is 0 Å². The predicted octanol–water partition coefficient (Wildman–Crippen LogP) is 4.69. The lowest BCUT2D eigenvalue weighted by Crippen LogP contribution is -2.28. The van der Waals surface area contributed by atoms with Crippen LogP contribution in [0.3, 0.4) is 0 Å². The van der Waals surface area contributed by atoms with E-state index in [1.807, 2.05) is 18.2 Å². The van der Waals surface area contributed by atoms with E-state index in [0.717, 1.165) is 24.2 Å². The molecule has 3 heteroatoms. The van der Waals surface area contributed by atoms with Crippen LogP contribution in [0, 0.1) is 11.3 Å². The van der Waals surface area contributed by atoms with Gasteiger partial charge in [0.15, 0.2) is 0 Å². The molecule has 3 nitrogen and oxygen atoms in total. The van der Waals surface area contributed by atoms with Crippen molar-refractivity contribution in [2.75, 3.05) is 0 Å². The average Bonchev–Trinajstić information content (AvgIpc) is 3.37. The molecule has 25 heavy (non-hydrogen) atoms. The van der Waals surface area contributed by atoms with E-state index < -0.39 is 0 Å². The number of nitrogens with one attached hydrogen (secondary N) is 1. The maximum atomic E-state index is 9.20. The van der Waals surface area contributed by atoms with Crippen molar-refractivity contribution in [2.45, 2.75) is 44.3 Å². The van der Waals surface area contributed by atoms with E-state index in [2.05, 4.69) is 46.4 Å². The number of nitriles is 1. The highest BCUT2D eigenvalue weighted by atomic mass is 15.2. The van der Waals surface area contributed by atoms with Gasteiger partial charge in [0, 0.05) is 36.2 Å². The van der Waals surface area contributed by atoms with Crippen molar-refractivity contribution in [1.82, 2.24) is 9.88 Å². The van der Waals surface area contributed by atoms with E-state index in [1.165, 1.54) is 41.3 Å². The molecule has 2 heterocycles. The second kappa shape index (κ2) is 5.75. The Morgan fingerprint density at radius 3 is 2.60 bits per heavy atom. The minimum Gasteiger partial charge on any atom is -0.361 e. The molecular weight excluding hydrogens is 306 g/mol. The van der Waals surface area contributed by atoms with Crippen molar-refractivity contribution in [3.05, 3.63) is 70.9 Å². The summed E-state index contributed by atoms with van der Waals surface area (Å²) >= 11 is 0. The summed E-state index contributed by atoms with van der Waals surface area (Å²) in [7, 11) is 0. The molecule has 0 saturated heterocycles. The highest BCUT2D eigenvalue weighted by molar-refractivity contribution is 5.85. The van der Waals surface area contributed by atoms with Crippen LogP contribution < -0.4 is 0 Å². The zero-order valence-electron chi connectivity index (χ0n) is 14.2. The number of hydrogen-bond donors (Lipinski definition) is 1. The van der Waals surface area contributed by atoms with Gasteiger partial charge in [0.05, 0.1) is 11.6 Å². The van der Waals surface area contributed by atoms with Crippen molar-refractivity contribution in [1.29, 1.82) is 5.26 Å². The molecule has 1 aliphatic heterocycles. The molecule has 1 saturated carbocycles. The first-order valence-electron chi connectivity index (χ1n) is 9.14. The topological polar surface area (TPSA) is 42.8 Å². The number of aromatic amines is 1. The summed E-state index contributed by atoms with van der Waals surface area (Å²) in [5.41, 5.74) is 6.28. The maximum Gasteiger partial charge on any atom is 0.0991 e. The van der Waals surface area contributed by atoms with Gasteiger partial charge in [-0.25, -0.2) is 0 Å². The van der Waals surface area contributed by atoms with Crippen molar-refractivity contribution in [3.8, 4) is 6.07 Å². The molecular formula is C22H21N3. The first-order valence-corrected chi connectivity index (χ1v) is 9.14. The molecule has 1 aromatic heterocycles. The van der Waals surface area contributed by atoms with E-state index in [1.54, 1.807) is 0 Å². The maximum absolute atomic E-state index is 9.20. The van der Waals surface area contributed by atoms with Crippen LogP contribution in [0.5, 0.6) is 0 Å². The zero-order valence-corrected chi connectivity index (χ0v) is 14.2. The molecule has 3 aromatic rings. The summed E-state index contributed by atoms with van der Waals surface area (Å²) in [6.07, 6.45) is 5.89. The van der Waals surface area contributed by atoms with Crippen LogP contribution in [0.2, 0.25) is 0 Å². The van der Waals surface area contributed by atoms with Gasteiger partial charge in [-0.3, -0.25) is 4.90 Å². The fourth-order valence-corrected chi connectivity index (χ4v) is 4.74. The van der Waals surface area contributed by atoms with Crippen molar-refractivity contribution >= 4 is 10.9 Å². The van der Waals surface area contributed by atoms with Gasteiger partial charge in [-0.15, -0.1) is 0 Å². The van der Waals surface area contributed by atoms with Crippen LogP contribution in [0.4, 0.5) is 0 Å². The lowest BCUT2D eigenvalue weighted by Gasteiger charge is -2.23. The van der Waals surface area contributed by atoms with Gasteiger partial charge in [-0.05, 0) is 60.1 Å². The standard InChI is InChI=1S/C22H21N3/c23-11-15-5-8-22-20(9-15)21(12-24-22)16-6-7-19(10-16)25-13-17-3-1-2-4-18(17)14-25/h1-5,8-9,12,16,19,24H,6-7,10,13-14H2. The molecule has 124 valence electrons. The Balaban J connectivity index is 1.37. The molecule has 1 aliphatic carbocycles. The Kier molecular flexibility index (Phi) is 3.39. The van der Waals surface area contributed by atoms with Gasteiger partial charge < -0.3 is 4.98 Å². The Morgan fingerprint density at radius 1 is 1.04 bits per heavy atom. The molecule has 1 N–H and O–H groups in total. The quantitative estimate of drug-likeness (QED) is 0.742. The number of nitrogens with zero attached hydrogens (tertiary/aromatic N) is 2. The molecule has 0 bridgehead atoms. The van der Waals surface area contributed by atoms with Gasteiger partial charge >= 0.3 is 0 Å². The molecule has 2 unspecified atom stereocenters. The number of benzene rings is 2. The first kappa shape index (κ1) is 14.7. The molecule has 0 spiro atoms. The third-order valence-corrected chi connectivity index (χ3v) is 6.07. The van der Waals surface area contributed by atoms with Crippen LogP contribution in [0.15, 0.2) is 48.7 Å². The molecule has 2 aromatic carbocycles.